The van der Waals surface area contributed by atoms with Crippen molar-refractivity contribution >= 4 is 16.3 Å². The van der Waals surface area contributed by atoms with Crippen LogP contribution in [0.2, 0.25) is 0 Å². The summed E-state index contributed by atoms with van der Waals surface area (Å²) in [4.78, 5) is 4.37. The lowest BCUT2D eigenvalue weighted by Crippen LogP contribution is -2.05. The van der Waals surface area contributed by atoms with Gasteiger partial charge in [0.1, 0.15) is 6.10 Å². The average Bonchev–Trinajstić information content (AvgIpc) is 2.87. The third kappa shape index (κ3) is 1.94. The van der Waals surface area contributed by atoms with E-state index < -0.39 is 0 Å². The van der Waals surface area contributed by atoms with E-state index in [0.717, 1.165) is 5.56 Å². The molecule has 2 aromatic heterocycles. The highest BCUT2D eigenvalue weighted by Crippen LogP contribution is 2.42. The van der Waals surface area contributed by atoms with E-state index in [1.165, 1.54) is 24.2 Å². The molecule has 3 rings (SSSR count). The maximum Gasteiger partial charge on any atom is 0.261 e. The van der Waals surface area contributed by atoms with Crippen molar-refractivity contribution in [2.45, 2.75) is 18.9 Å². The summed E-state index contributed by atoms with van der Waals surface area (Å²) < 4.78 is 10.6. The minimum atomic E-state index is -0.0487. The molecule has 0 bridgehead atoms. The Morgan fingerprint density at radius 3 is 3.00 bits per heavy atom. The van der Waals surface area contributed by atoms with Crippen LogP contribution >= 0.6 is 11.3 Å². The van der Waals surface area contributed by atoms with Crippen LogP contribution in [0.5, 0.6) is 0 Å². The largest absolute Gasteiger partial charge is 0.390 e. The molecule has 1 unspecified atom stereocenters. The van der Waals surface area contributed by atoms with Crippen LogP contribution in [0.15, 0.2) is 16.0 Å². The van der Waals surface area contributed by atoms with E-state index in [1.54, 1.807) is 7.11 Å². The van der Waals surface area contributed by atoms with Crippen molar-refractivity contribution < 1.29 is 9.26 Å². The summed E-state index contributed by atoms with van der Waals surface area (Å²) >= 11 is 1.46. The van der Waals surface area contributed by atoms with Gasteiger partial charge < -0.3 is 15.0 Å². The van der Waals surface area contributed by atoms with Crippen molar-refractivity contribution in [3.05, 3.63) is 17.3 Å². The molecule has 2 aromatic rings. The second-order valence-electron chi connectivity index (χ2n) is 4.15. The molecule has 1 atom stereocenters. The summed E-state index contributed by atoms with van der Waals surface area (Å²) in [5, 5.41) is 6.58. The Bertz CT molecular complexity index is 518. The van der Waals surface area contributed by atoms with Gasteiger partial charge in [0.05, 0.1) is 10.6 Å². The van der Waals surface area contributed by atoms with E-state index in [2.05, 4.69) is 10.1 Å². The third-order valence-corrected chi connectivity index (χ3v) is 3.67. The van der Waals surface area contributed by atoms with Crippen molar-refractivity contribution in [3.63, 3.8) is 0 Å². The average molecular weight is 251 g/mol. The van der Waals surface area contributed by atoms with Gasteiger partial charge in [-0.15, -0.1) is 11.3 Å². The first kappa shape index (κ1) is 10.7. The van der Waals surface area contributed by atoms with E-state index >= 15 is 0 Å². The van der Waals surface area contributed by atoms with E-state index in [1.807, 2.05) is 11.4 Å². The predicted molar refractivity (Wildman–Crippen MR) is 64.5 cm³/mol. The van der Waals surface area contributed by atoms with Gasteiger partial charge >= 0.3 is 0 Å². The van der Waals surface area contributed by atoms with E-state index in [4.69, 9.17) is 15.0 Å². The number of nitrogens with zero attached hydrogens (tertiary/aromatic N) is 2. The summed E-state index contributed by atoms with van der Waals surface area (Å²) in [7, 11) is 1.68. The molecule has 0 amide bonds. The van der Waals surface area contributed by atoms with Gasteiger partial charge in [-0.1, -0.05) is 5.16 Å². The fraction of sp³-hybridized carbons (Fsp3) is 0.455. The first-order chi connectivity index (χ1) is 8.29. The van der Waals surface area contributed by atoms with Crippen molar-refractivity contribution in [2.24, 2.45) is 5.92 Å². The first-order valence-corrected chi connectivity index (χ1v) is 6.37. The monoisotopic (exact) mass is 251 g/mol. The molecule has 0 aromatic carbocycles. The van der Waals surface area contributed by atoms with Crippen LogP contribution in [-0.2, 0) is 4.74 Å². The maximum absolute atomic E-state index is 5.82. The van der Waals surface area contributed by atoms with Crippen LogP contribution in [-0.4, -0.2) is 17.3 Å². The standard InChI is InChI=1S/C11H13N3O2S/c1-15-8(6-2-3-6)10-13-11(16-14-10)7-4-5-17-9(7)12/h4-6,8H,2-3,12H2,1H3. The lowest BCUT2D eigenvalue weighted by atomic mass is 10.2. The number of rotatable bonds is 4. The van der Waals surface area contributed by atoms with Gasteiger partial charge in [-0.3, -0.25) is 0 Å². The minimum Gasteiger partial charge on any atom is -0.390 e. The highest BCUT2D eigenvalue weighted by molar-refractivity contribution is 7.14. The highest BCUT2D eigenvalue weighted by Gasteiger charge is 2.35. The predicted octanol–water partition coefficient (Wildman–Crippen LogP) is 2.48. The third-order valence-electron chi connectivity index (χ3n) is 2.93. The number of aromatic nitrogens is 2. The van der Waals surface area contributed by atoms with Crippen LogP contribution in [0, 0.1) is 5.92 Å². The molecular weight excluding hydrogens is 238 g/mol. The van der Waals surface area contributed by atoms with Gasteiger partial charge in [0.25, 0.3) is 5.89 Å². The normalized spacial score (nSPS) is 17.2. The Hall–Kier alpha value is -1.40. The number of anilines is 1. The zero-order chi connectivity index (χ0) is 11.8. The summed E-state index contributed by atoms with van der Waals surface area (Å²) in [5.74, 6) is 1.63. The first-order valence-electron chi connectivity index (χ1n) is 5.49. The van der Waals surface area contributed by atoms with Crippen LogP contribution in [0.1, 0.15) is 24.8 Å². The lowest BCUT2D eigenvalue weighted by molar-refractivity contribution is 0.0751. The number of thiophene rings is 1. The number of hydrogen-bond donors (Lipinski definition) is 1. The molecule has 0 spiro atoms. The topological polar surface area (TPSA) is 74.2 Å². The Morgan fingerprint density at radius 1 is 1.59 bits per heavy atom. The molecule has 0 radical (unpaired) electrons. The van der Waals surface area contributed by atoms with Crippen LogP contribution in [0.25, 0.3) is 11.5 Å². The minimum absolute atomic E-state index is 0.0487. The number of nitrogens with two attached hydrogens (primary N) is 1. The van der Waals surface area contributed by atoms with Crippen molar-refractivity contribution in [1.29, 1.82) is 0 Å². The molecule has 2 heterocycles. The molecule has 2 N–H and O–H groups in total. The smallest absolute Gasteiger partial charge is 0.261 e. The summed E-state index contributed by atoms with van der Waals surface area (Å²) in [5.41, 5.74) is 6.63. The lowest BCUT2D eigenvalue weighted by Gasteiger charge is -2.07. The van der Waals surface area contributed by atoms with Crippen molar-refractivity contribution in [2.75, 3.05) is 12.8 Å². The number of hydrogen-bond acceptors (Lipinski definition) is 6. The molecule has 1 aliphatic carbocycles. The van der Waals surface area contributed by atoms with Gasteiger partial charge in [0.15, 0.2) is 0 Å². The zero-order valence-corrected chi connectivity index (χ0v) is 10.2. The fourth-order valence-electron chi connectivity index (χ4n) is 1.87. The second-order valence-corrected chi connectivity index (χ2v) is 5.10. The molecule has 90 valence electrons. The molecule has 1 saturated carbocycles. The Morgan fingerprint density at radius 2 is 2.41 bits per heavy atom. The van der Waals surface area contributed by atoms with Crippen LogP contribution < -0.4 is 5.73 Å². The molecule has 1 aliphatic rings. The van der Waals surface area contributed by atoms with E-state index in [0.29, 0.717) is 22.6 Å². The van der Waals surface area contributed by atoms with Crippen molar-refractivity contribution in [3.8, 4) is 11.5 Å². The van der Waals surface area contributed by atoms with Crippen LogP contribution in [0.4, 0.5) is 5.00 Å². The Balaban J connectivity index is 1.89. The van der Waals surface area contributed by atoms with Crippen molar-refractivity contribution in [1.82, 2.24) is 10.1 Å². The molecule has 5 nitrogen and oxygen atoms in total. The SMILES string of the molecule is COC(c1noc(-c2ccsc2N)n1)C1CC1. The number of ether oxygens (including phenoxy) is 1. The molecule has 6 heteroatoms. The van der Waals surface area contributed by atoms with Gasteiger partial charge in [0, 0.05) is 7.11 Å². The molecule has 0 saturated heterocycles. The number of methoxy groups -OCH3 is 1. The molecular formula is C11H13N3O2S. The fourth-order valence-corrected chi connectivity index (χ4v) is 2.50. The summed E-state index contributed by atoms with van der Waals surface area (Å²) in [6, 6.07) is 1.89. The summed E-state index contributed by atoms with van der Waals surface area (Å²) in [6.07, 6.45) is 2.29. The Labute approximate surface area is 103 Å². The van der Waals surface area contributed by atoms with E-state index in [9.17, 15) is 0 Å². The van der Waals surface area contributed by atoms with Gasteiger partial charge in [-0.2, -0.15) is 4.98 Å². The van der Waals surface area contributed by atoms with E-state index in [-0.39, 0.29) is 6.10 Å². The van der Waals surface area contributed by atoms with Crippen LogP contribution in [0.3, 0.4) is 0 Å². The highest BCUT2D eigenvalue weighted by atomic mass is 32.1. The van der Waals surface area contributed by atoms with Gasteiger partial charge in [-0.05, 0) is 30.2 Å². The zero-order valence-electron chi connectivity index (χ0n) is 9.42. The summed E-state index contributed by atoms with van der Waals surface area (Å²) in [6.45, 7) is 0. The number of nitrogen functional groups attached to an aromatic ring is 1. The quantitative estimate of drug-likeness (QED) is 0.903. The molecule has 17 heavy (non-hydrogen) atoms. The second kappa shape index (κ2) is 4.12. The maximum atomic E-state index is 5.82. The van der Waals surface area contributed by atoms with Gasteiger partial charge in [0.2, 0.25) is 5.82 Å². The van der Waals surface area contributed by atoms with Gasteiger partial charge in [-0.25, -0.2) is 0 Å². The molecule has 0 aliphatic heterocycles. The molecule has 1 fully saturated rings. The Kier molecular flexibility index (Phi) is 2.60.